The lowest BCUT2D eigenvalue weighted by atomic mass is 9.85. The summed E-state index contributed by atoms with van der Waals surface area (Å²) in [5, 5.41) is 0. The van der Waals surface area contributed by atoms with Crippen LogP contribution < -0.4 is 9.47 Å². The van der Waals surface area contributed by atoms with Gasteiger partial charge in [-0.3, -0.25) is 19.3 Å². The molecule has 0 unspecified atom stereocenters. The van der Waals surface area contributed by atoms with Gasteiger partial charge in [-0.15, -0.1) is 0 Å². The number of allylic oxidation sites excluding steroid dienone is 2. The van der Waals surface area contributed by atoms with E-state index in [1.165, 1.54) is 6.92 Å². The molecule has 1 fully saturated rings. The van der Waals surface area contributed by atoms with Gasteiger partial charge in [0.15, 0.2) is 23.9 Å². The zero-order valence-corrected chi connectivity index (χ0v) is 16.0. The Bertz CT molecular complexity index is 880. The van der Waals surface area contributed by atoms with E-state index in [2.05, 4.69) is 0 Å². The number of imide groups is 1. The second-order valence-electron chi connectivity index (χ2n) is 7.27. The Morgan fingerprint density at radius 3 is 2.34 bits per heavy atom. The molecule has 1 aromatic carbocycles. The fourth-order valence-electron chi connectivity index (χ4n) is 3.87. The molecule has 2 aliphatic heterocycles. The molecule has 8 nitrogen and oxygen atoms in total. The summed E-state index contributed by atoms with van der Waals surface area (Å²) in [6.45, 7) is 1.79. The lowest BCUT2D eigenvalue weighted by Gasteiger charge is -2.21. The number of hydrogen-bond donors (Lipinski definition) is 0. The first-order chi connectivity index (χ1) is 14.0. The fourth-order valence-corrected chi connectivity index (χ4v) is 3.87. The number of Topliss-reactive ketones (excluding diaryl/α,β-unsaturated/α-hetero) is 1. The molecule has 29 heavy (non-hydrogen) atoms. The molecule has 0 N–H and O–H groups in total. The molecule has 0 aromatic heterocycles. The number of rotatable bonds is 5. The van der Waals surface area contributed by atoms with E-state index in [1.54, 1.807) is 18.2 Å². The maximum atomic E-state index is 12.6. The van der Waals surface area contributed by atoms with Crippen LogP contribution in [0.1, 0.15) is 30.1 Å². The summed E-state index contributed by atoms with van der Waals surface area (Å²) < 4.78 is 16.0. The number of ketones is 1. The van der Waals surface area contributed by atoms with Gasteiger partial charge in [-0.2, -0.15) is 0 Å². The third-order valence-electron chi connectivity index (χ3n) is 5.48. The summed E-state index contributed by atoms with van der Waals surface area (Å²) >= 11 is 0. The Kier molecular flexibility index (Phi) is 5.08. The Labute approximate surface area is 167 Å². The molecule has 1 aliphatic carbocycles. The van der Waals surface area contributed by atoms with Gasteiger partial charge in [0.1, 0.15) is 19.3 Å². The topological polar surface area (TPSA) is 99.2 Å². The number of hydrogen-bond acceptors (Lipinski definition) is 7. The third-order valence-corrected chi connectivity index (χ3v) is 5.48. The van der Waals surface area contributed by atoms with Gasteiger partial charge in [0.2, 0.25) is 11.8 Å². The van der Waals surface area contributed by atoms with Crippen LogP contribution in [-0.4, -0.2) is 54.3 Å². The molecule has 1 aromatic rings. The second-order valence-corrected chi connectivity index (χ2v) is 7.27. The average Bonchev–Trinajstić information content (AvgIpc) is 3.01. The van der Waals surface area contributed by atoms with Crippen molar-refractivity contribution in [2.75, 3.05) is 19.8 Å². The number of esters is 1. The Hall–Kier alpha value is -3.16. The van der Waals surface area contributed by atoms with Crippen LogP contribution in [0.15, 0.2) is 30.4 Å². The number of likely N-dealkylation sites (tertiary alicyclic amines) is 1. The van der Waals surface area contributed by atoms with Gasteiger partial charge >= 0.3 is 5.97 Å². The van der Waals surface area contributed by atoms with Gasteiger partial charge in [-0.25, -0.2) is 4.79 Å². The molecular formula is C21H21NO7. The van der Waals surface area contributed by atoms with E-state index in [4.69, 9.17) is 14.2 Å². The largest absolute Gasteiger partial charge is 0.486 e. The lowest BCUT2D eigenvalue weighted by molar-refractivity contribution is -0.157. The molecule has 0 spiro atoms. The number of carbonyl (C=O) groups excluding carboxylic acids is 4. The van der Waals surface area contributed by atoms with Crippen LogP contribution in [0.5, 0.6) is 11.5 Å². The maximum Gasteiger partial charge on any atom is 0.329 e. The number of nitrogens with zero attached hydrogens (tertiary/aromatic N) is 1. The van der Waals surface area contributed by atoms with Crippen LogP contribution in [0.4, 0.5) is 0 Å². The van der Waals surface area contributed by atoms with Crippen LogP contribution in [0.3, 0.4) is 0 Å². The van der Waals surface area contributed by atoms with E-state index in [1.807, 2.05) is 12.2 Å². The molecule has 3 aliphatic rings. The lowest BCUT2D eigenvalue weighted by Crippen LogP contribution is -2.44. The van der Waals surface area contributed by atoms with E-state index < -0.39 is 36.2 Å². The van der Waals surface area contributed by atoms with Gasteiger partial charge in [-0.05, 0) is 38.0 Å². The number of amides is 2. The standard InChI is InChI=1S/C21H21NO7/c1-12(22-19(24)14-4-2-3-5-15(14)20(22)25)21(26)29-11-16(23)13-6-7-17-18(10-13)28-9-8-27-17/h2-3,6-7,10,12,14-15H,4-5,8-9,11H2,1H3/t12-,14-,15-/m0/s1. The molecule has 2 heterocycles. The minimum Gasteiger partial charge on any atom is -0.486 e. The third kappa shape index (κ3) is 3.50. The highest BCUT2D eigenvalue weighted by molar-refractivity contribution is 6.08. The smallest absolute Gasteiger partial charge is 0.329 e. The summed E-state index contributed by atoms with van der Waals surface area (Å²) in [6, 6.07) is 3.66. The van der Waals surface area contributed by atoms with Crippen LogP contribution in [0.25, 0.3) is 0 Å². The van der Waals surface area contributed by atoms with Crippen LogP contribution in [0.2, 0.25) is 0 Å². The zero-order chi connectivity index (χ0) is 20.5. The van der Waals surface area contributed by atoms with Crippen molar-refractivity contribution in [2.45, 2.75) is 25.8 Å². The van der Waals surface area contributed by atoms with Crippen LogP contribution in [-0.2, 0) is 19.1 Å². The number of benzene rings is 1. The molecular weight excluding hydrogens is 378 g/mol. The van der Waals surface area contributed by atoms with Crippen molar-refractivity contribution in [1.29, 1.82) is 0 Å². The van der Waals surface area contributed by atoms with E-state index in [-0.39, 0.29) is 11.8 Å². The van der Waals surface area contributed by atoms with Crippen molar-refractivity contribution < 1.29 is 33.4 Å². The van der Waals surface area contributed by atoms with Gasteiger partial charge < -0.3 is 14.2 Å². The van der Waals surface area contributed by atoms with Crippen molar-refractivity contribution in [3.8, 4) is 11.5 Å². The van der Waals surface area contributed by atoms with E-state index in [0.717, 1.165) is 4.90 Å². The maximum absolute atomic E-state index is 12.6. The summed E-state index contributed by atoms with van der Waals surface area (Å²) in [5.41, 5.74) is 0.320. The summed E-state index contributed by atoms with van der Waals surface area (Å²) in [6.07, 6.45) is 4.75. The summed E-state index contributed by atoms with van der Waals surface area (Å²) in [4.78, 5) is 50.9. The second kappa shape index (κ2) is 7.69. The quantitative estimate of drug-likeness (QED) is 0.320. The van der Waals surface area contributed by atoms with Gasteiger partial charge in [0.05, 0.1) is 11.8 Å². The fraction of sp³-hybridized carbons (Fsp3) is 0.429. The molecule has 0 saturated carbocycles. The Morgan fingerprint density at radius 1 is 1.07 bits per heavy atom. The highest BCUT2D eigenvalue weighted by atomic mass is 16.6. The molecule has 0 bridgehead atoms. The predicted octanol–water partition coefficient (Wildman–Crippen LogP) is 1.52. The highest BCUT2D eigenvalue weighted by Crippen LogP contribution is 2.36. The zero-order valence-electron chi connectivity index (χ0n) is 16.0. The molecule has 4 rings (SSSR count). The van der Waals surface area contributed by atoms with E-state index in [9.17, 15) is 19.2 Å². The molecule has 2 amide bonds. The first-order valence-corrected chi connectivity index (χ1v) is 9.58. The Morgan fingerprint density at radius 2 is 1.69 bits per heavy atom. The van der Waals surface area contributed by atoms with Crippen molar-refractivity contribution in [3.63, 3.8) is 0 Å². The Balaban J connectivity index is 1.37. The number of ether oxygens (including phenoxy) is 3. The van der Waals surface area contributed by atoms with Crippen molar-refractivity contribution >= 4 is 23.6 Å². The molecule has 152 valence electrons. The minimum absolute atomic E-state index is 0.320. The van der Waals surface area contributed by atoms with Gasteiger partial charge in [0.25, 0.3) is 0 Å². The van der Waals surface area contributed by atoms with E-state index >= 15 is 0 Å². The van der Waals surface area contributed by atoms with E-state index in [0.29, 0.717) is 43.1 Å². The van der Waals surface area contributed by atoms with Crippen molar-refractivity contribution in [3.05, 3.63) is 35.9 Å². The monoisotopic (exact) mass is 399 g/mol. The van der Waals surface area contributed by atoms with Gasteiger partial charge in [0, 0.05) is 5.56 Å². The van der Waals surface area contributed by atoms with Crippen molar-refractivity contribution in [2.24, 2.45) is 11.8 Å². The SMILES string of the molecule is C[C@@H](C(=O)OCC(=O)c1ccc2c(c1)OCCO2)N1C(=O)[C@H]2CC=CC[C@@H]2C1=O. The first kappa shape index (κ1) is 19.2. The average molecular weight is 399 g/mol. The van der Waals surface area contributed by atoms with Crippen LogP contribution >= 0.6 is 0 Å². The summed E-state index contributed by atoms with van der Waals surface area (Å²) in [7, 11) is 0. The van der Waals surface area contributed by atoms with Gasteiger partial charge in [-0.1, -0.05) is 12.2 Å². The number of fused-ring (bicyclic) bond motifs is 2. The van der Waals surface area contributed by atoms with Crippen molar-refractivity contribution in [1.82, 2.24) is 4.90 Å². The summed E-state index contributed by atoms with van der Waals surface area (Å²) in [5.74, 6) is -1.72. The molecule has 1 saturated heterocycles. The first-order valence-electron chi connectivity index (χ1n) is 9.58. The van der Waals surface area contributed by atoms with Crippen LogP contribution in [0, 0.1) is 11.8 Å². The minimum atomic E-state index is -1.08. The molecule has 8 heteroatoms. The number of carbonyl (C=O) groups is 4. The highest BCUT2D eigenvalue weighted by Gasteiger charge is 2.50. The predicted molar refractivity (Wildman–Crippen MR) is 99.4 cm³/mol. The normalized spacial score (nSPS) is 23.6. The molecule has 3 atom stereocenters. The molecule has 0 radical (unpaired) electrons.